The molecule has 0 saturated carbocycles. The Morgan fingerprint density at radius 3 is 1.64 bits per heavy atom. The molecule has 0 unspecified atom stereocenters. The number of H-pyrrole nitrogens is 1. The van der Waals surface area contributed by atoms with Gasteiger partial charge in [0.1, 0.15) is 15.1 Å². The fraction of sp³-hybridized carbons (Fsp3) is 0.189. The number of hydrogen-bond donors (Lipinski definition) is 1. The first kappa shape index (κ1) is 52.0. The van der Waals surface area contributed by atoms with Crippen molar-refractivity contribution >= 4 is 303 Å². The predicted molar refractivity (Wildman–Crippen MR) is 363 cm³/mol. The molecule has 0 aliphatic heterocycles. The minimum absolute atomic E-state index is 0.549. The number of hydrogen-bond acceptors (Lipinski definition) is 27. The first-order valence-corrected chi connectivity index (χ1v) is 41.7. The molecule has 81 heavy (non-hydrogen) atoms. The van der Waals surface area contributed by atoms with Crippen molar-refractivity contribution in [2.24, 2.45) is 0 Å². The summed E-state index contributed by atoms with van der Waals surface area (Å²) in [6.45, 7) is 17.0. The van der Waals surface area contributed by atoms with E-state index in [1.807, 2.05) is 23.5 Å². The van der Waals surface area contributed by atoms with Gasteiger partial charge in [0.05, 0.1) is 56.1 Å². The zero-order valence-electron chi connectivity index (χ0n) is 43.2. The van der Waals surface area contributed by atoms with Crippen LogP contribution in [0.1, 0.15) is 45.0 Å². The number of nitrogens with zero attached hydrogens (tertiary/aromatic N) is 12. The van der Waals surface area contributed by atoms with Gasteiger partial charge in [-0.2, -0.15) is 0 Å². The summed E-state index contributed by atoms with van der Waals surface area (Å²) in [6, 6.07) is 8.80. The molecule has 400 valence electrons. The molecule has 0 aromatic carbocycles. The minimum Gasteiger partial charge on any atom is -0.330 e. The van der Waals surface area contributed by atoms with Crippen molar-refractivity contribution in [3.8, 4) is 0 Å². The molecule has 0 saturated heterocycles. The molecule has 0 fully saturated rings. The lowest BCUT2D eigenvalue weighted by Crippen LogP contribution is -2.00. The van der Waals surface area contributed by atoms with Gasteiger partial charge in [-0.05, 0) is 168 Å². The number of rotatable bonds is 5. The monoisotopic (exact) mass is 1330 g/mol. The van der Waals surface area contributed by atoms with Crippen molar-refractivity contribution < 1.29 is 0 Å². The van der Waals surface area contributed by atoms with Crippen LogP contribution in [0.2, 0.25) is 0 Å². The van der Waals surface area contributed by atoms with Crippen LogP contribution < -0.4 is 0 Å². The average Bonchev–Trinajstić information content (AvgIpc) is 2.82. The van der Waals surface area contributed by atoms with Gasteiger partial charge in [0.25, 0.3) is 0 Å². The zero-order valence-corrected chi connectivity index (χ0v) is 55.5. The first-order valence-electron chi connectivity index (χ1n) is 24.8. The highest BCUT2D eigenvalue weighted by molar-refractivity contribution is 8.22. The molecule has 0 spiro atoms. The summed E-state index contributed by atoms with van der Waals surface area (Å²) >= 11 is 10.0. The first-order chi connectivity index (χ1) is 39.3. The molecule has 16 heterocycles. The van der Waals surface area contributed by atoms with Gasteiger partial charge in [-0.25, -0.2) is 54.8 Å². The Hall–Kier alpha value is -4.63. The van der Waals surface area contributed by atoms with Gasteiger partial charge in [0, 0.05) is 81.8 Å². The second kappa shape index (κ2) is 19.7. The lowest BCUT2D eigenvalue weighted by molar-refractivity contribution is 1.00. The maximum atomic E-state index is 6.20. The van der Waals surface area contributed by atoms with Crippen molar-refractivity contribution in [2.75, 3.05) is 11.5 Å². The van der Waals surface area contributed by atoms with Crippen molar-refractivity contribution in [2.45, 2.75) is 65.2 Å². The quantitative estimate of drug-likeness (QED) is 0.0431. The molecule has 0 atom stereocenters. The molecule has 0 aliphatic rings. The highest BCUT2D eigenvalue weighted by Gasteiger charge is 2.25. The van der Waals surface area contributed by atoms with Gasteiger partial charge in [0.15, 0.2) is 45.2 Å². The van der Waals surface area contributed by atoms with Crippen LogP contribution in [0.25, 0.3) is 149 Å². The summed E-state index contributed by atoms with van der Waals surface area (Å²) in [4.78, 5) is 69.2. The molecule has 0 radical (unpaired) electrons. The molecule has 16 aromatic heterocycles. The molecule has 16 rings (SSSR count). The van der Waals surface area contributed by atoms with Crippen LogP contribution in [0.4, 0.5) is 0 Å². The summed E-state index contributed by atoms with van der Waals surface area (Å²) in [5.41, 5.74) is 16.1. The van der Waals surface area contributed by atoms with Gasteiger partial charge < -0.3 is 4.98 Å². The summed E-state index contributed by atoms with van der Waals surface area (Å²) in [5.74, 6) is 1.89. The van der Waals surface area contributed by atoms with E-state index in [1.54, 1.807) is 118 Å². The lowest BCUT2D eigenvalue weighted by atomic mass is 10.1. The van der Waals surface area contributed by atoms with Crippen molar-refractivity contribution in [3.63, 3.8) is 0 Å². The SMILES string of the molecule is Cc1nc(C)c(C)c(SCCSc2c(C)c(C)nc3nc4nc5nc6nc7nc8sssssssc9c%10cc%11cc8c(nc%11nc%10nc8[nH]c(=S)c%10c(nc%11nc(C)c(C)c%12sssc%10c%11%12)c89)c7cc6c6ssc(c4cc23)c56)c1C. The molecule has 1 N–H and O–H groups in total. The number of aryl methyl sites for hydroxylation is 5. The summed E-state index contributed by atoms with van der Waals surface area (Å²) < 4.78 is 6.05. The molecular weight excluding hydrogens is 1300 g/mol. The number of fused-ring (bicyclic) bond motifs is 12. The fourth-order valence-corrected chi connectivity index (χ4v) is 34.7. The minimum atomic E-state index is 0.549. The number of aromatic amines is 1. The van der Waals surface area contributed by atoms with Crippen LogP contribution in [0.3, 0.4) is 0 Å². The predicted octanol–water partition coefficient (Wildman–Crippen LogP) is 20.1. The maximum Gasteiger partial charge on any atom is 0.167 e. The molecule has 0 aliphatic carbocycles. The van der Waals surface area contributed by atoms with Crippen LogP contribution in [-0.2, 0) is 0 Å². The maximum absolute atomic E-state index is 6.20. The second-order valence-corrected chi connectivity index (χ2v) is 39.2. The van der Waals surface area contributed by atoms with Crippen LogP contribution in [-0.4, -0.2) is 76.3 Å². The zero-order chi connectivity index (χ0) is 54.9. The number of nitrogens with one attached hydrogen (secondary N) is 1. The second-order valence-electron chi connectivity index (χ2n) is 19.5. The van der Waals surface area contributed by atoms with Crippen LogP contribution in [0.15, 0.2) is 34.1 Å². The van der Waals surface area contributed by atoms with E-state index in [1.165, 1.54) is 36.7 Å². The van der Waals surface area contributed by atoms with E-state index in [0.717, 1.165) is 134 Å². The van der Waals surface area contributed by atoms with Crippen molar-refractivity contribution in [3.05, 3.63) is 73.9 Å². The Morgan fingerprint density at radius 1 is 0.370 bits per heavy atom. The Balaban J connectivity index is 0.877. The van der Waals surface area contributed by atoms with Crippen molar-refractivity contribution in [1.29, 1.82) is 0 Å². The number of aromatic nitrogens is 13. The summed E-state index contributed by atoms with van der Waals surface area (Å²) in [5, 5.41) is 10.4. The molecule has 3 bridgehead atoms. The highest BCUT2D eigenvalue weighted by atomic mass is 33.6. The van der Waals surface area contributed by atoms with Crippen LogP contribution in [0.5, 0.6) is 0 Å². The highest BCUT2D eigenvalue weighted by Crippen LogP contribution is 2.47. The molecule has 28 heteroatoms. The Labute approximate surface area is 512 Å². The number of pyridine rings is 13. The van der Waals surface area contributed by atoms with Gasteiger partial charge in [-0.1, -0.05) is 63.9 Å². The molecule has 13 nitrogen and oxygen atoms in total. The van der Waals surface area contributed by atoms with E-state index >= 15 is 0 Å². The Bertz CT molecular complexity index is 5700. The van der Waals surface area contributed by atoms with Crippen LogP contribution in [0, 0.1) is 60.0 Å². The third-order valence-electron chi connectivity index (χ3n) is 15.0. The smallest absolute Gasteiger partial charge is 0.167 e. The third-order valence-corrected chi connectivity index (χ3v) is 37.4. The average molecular weight is 1330 g/mol. The molecular formula is C53H33N13S15. The van der Waals surface area contributed by atoms with Gasteiger partial charge in [-0.15, -0.1) is 23.5 Å². The third kappa shape index (κ3) is 8.13. The Morgan fingerprint density at radius 2 is 0.877 bits per heavy atom. The van der Waals surface area contributed by atoms with E-state index in [9.17, 15) is 0 Å². The van der Waals surface area contributed by atoms with E-state index in [-0.39, 0.29) is 0 Å². The topological polar surface area (TPSA) is 170 Å². The van der Waals surface area contributed by atoms with Crippen molar-refractivity contribution in [1.82, 2.24) is 64.8 Å². The lowest BCUT2D eigenvalue weighted by Gasteiger charge is -2.15. The normalized spacial score (nSPS) is 12.4. The van der Waals surface area contributed by atoms with E-state index in [4.69, 9.17) is 72.0 Å². The largest absolute Gasteiger partial charge is 0.330 e. The molecule has 0 amide bonds. The fourth-order valence-electron chi connectivity index (χ4n) is 10.6. The van der Waals surface area contributed by atoms with Gasteiger partial charge in [0.2, 0.25) is 0 Å². The number of thioether (sulfide) groups is 2. The van der Waals surface area contributed by atoms with E-state index in [0.29, 0.717) is 49.8 Å². The van der Waals surface area contributed by atoms with Gasteiger partial charge >= 0.3 is 0 Å². The molecule has 16 aromatic rings. The standard InChI is InChI=1S/C53H33N13S15/c1-15-19(5)54-20(6)16(2)36(15)68-9-10-69-37-17(3)21(7)55-45-27(37)14-29-41-33-40(70-71-41)28-13-24-34-25-11-23-12-26-39(73-77-79-81-80-78-75-53(25)66-44(24)60-47(28)63-51(33)64-48(29)61-45)30-35-31(52(67)65-49(30)62-46(26)59-43(23)57-34)42-32-38(72-76-74-42)18(4)22(8)56-50(32)58-35/h11-14H,9-10H2,1-8H3,(H,57,59,62,65,67). The van der Waals surface area contributed by atoms with E-state index in [2.05, 4.69) is 84.6 Å². The Kier molecular flexibility index (Phi) is 12.7. The van der Waals surface area contributed by atoms with Crippen LogP contribution >= 0.6 is 154 Å². The summed E-state index contributed by atoms with van der Waals surface area (Å²) in [6.07, 6.45) is 0. The van der Waals surface area contributed by atoms with Gasteiger partial charge in [-0.3, -0.25) is 4.98 Å². The van der Waals surface area contributed by atoms with E-state index < -0.39 is 0 Å². The summed E-state index contributed by atoms with van der Waals surface area (Å²) in [7, 11) is 20.5.